The Morgan fingerprint density at radius 2 is 2.42 bits per heavy atom. The second-order valence-corrected chi connectivity index (χ2v) is 5.21. The van der Waals surface area contributed by atoms with Gasteiger partial charge in [-0.2, -0.15) is 5.10 Å². The second-order valence-electron chi connectivity index (χ2n) is 3.56. The van der Waals surface area contributed by atoms with E-state index in [4.69, 9.17) is 10.5 Å². The lowest BCUT2D eigenvalue weighted by Gasteiger charge is -2.04. The first kappa shape index (κ1) is 13.8. The molecule has 0 bridgehead atoms. The standard InChI is InChI=1S/C12H13BrN4OS/c13-4-5-18-10-3-1-2-9(6-10)7-15-17-12-16-11(14)8-19-12/h1-3,6-8H,4-5,14H2,(H,16,17). The molecule has 100 valence electrons. The molecule has 1 aromatic heterocycles. The van der Waals surface area contributed by atoms with Gasteiger partial charge in [-0.05, 0) is 17.7 Å². The van der Waals surface area contributed by atoms with Crippen LogP contribution in [0.1, 0.15) is 5.56 Å². The molecule has 0 fully saturated rings. The van der Waals surface area contributed by atoms with E-state index in [1.807, 2.05) is 24.3 Å². The van der Waals surface area contributed by atoms with Crippen LogP contribution < -0.4 is 15.9 Å². The Morgan fingerprint density at radius 1 is 1.53 bits per heavy atom. The van der Waals surface area contributed by atoms with E-state index < -0.39 is 0 Å². The lowest BCUT2D eigenvalue weighted by Crippen LogP contribution is -1.98. The van der Waals surface area contributed by atoms with E-state index in [0.29, 0.717) is 17.6 Å². The number of benzene rings is 1. The molecule has 0 aliphatic carbocycles. The van der Waals surface area contributed by atoms with E-state index in [1.165, 1.54) is 11.3 Å². The highest BCUT2D eigenvalue weighted by Crippen LogP contribution is 2.16. The predicted octanol–water partition coefficient (Wildman–Crippen LogP) is 2.95. The number of ether oxygens (including phenoxy) is 1. The van der Waals surface area contributed by atoms with Gasteiger partial charge in [0.1, 0.15) is 11.6 Å². The number of hydrazone groups is 1. The van der Waals surface area contributed by atoms with Crippen molar-refractivity contribution in [3.8, 4) is 5.75 Å². The fourth-order valence-electron chi connectivity index (χ4n) is 1.34. The van der Waals surface area contributed by atoms with Gasteiger partial charge in [-0.1, -0.05) is 28.1 Å². The van der Waals surface area contributed by atoms with Crippen molar-refractivity contribution >= 4 is 44.4 Å². The Bertz CT molecular complexity index is 558. The zero-order chi connectivity index (χ0) is 13.5. The van der Waals surface area contributed by atoms with Gasteiger partial charge in [0.15, 0.2) is 0 Å². The zero-order valence-electron chi connectivity index (χ0n) is 10.0. The van der Waals surface area contributed by atoms with Crippen molar-refractivity contribution in [1.82, 2.24) is 4.98 Å². The molecule has 0 radical (unpaired) electrons. The number of rotatable bonds is 6. The van der Waals surface area contributed by atoms with Crippen LogP contribution in [0.25, 0.3) is 0 Å². The molecule has 0 aliphatic heterocycles. The number of nitrogens with one attached hydrogen (secondary N) is 1. The quantitative estimate of drug-likeness (QED) is 0.481. The summed E-state index contributed by atoms with van der Waals surface area (Å²) in [6.45, 7) is 0.636. The van der Waals surface area contributed by atoms with E-state index in [-0.39, 0.29) is 0 Å². The van der Waals surface area contributed by atoms with Gasteiger partial charge in [-0.25, -0.2) is 4.98 Å². The minimum absolute atomic E-state index is 0.493. The number of thiazole rings is 1. The van der Waals surface area contributed by atoms with Crippen LogP contribution in [0.2, 0.25) is 0 Å². The minimum Gasteiger partial charge on any atom is -0.493 e. The summed E-state index contributed by atoms with van der Waals surface area (Å²) >= 11 is 4.73. The van der Waals surface area contributed by atoms with Gasteiger partial charge in [0.05, 0.1) is 12.8 Å². The Balaban J connectivity index is 1.94. The molecule has 7 heteroatoms. The van der Waals surface area contributed by atoms with E-state index in [2.05, 4.69) is 31.4 Å². The van der Waals surface area contributed by atoms with Crippen molar-refractivity contribution in [2.24, 2.45) is 5.10 Å². The van der Waals surface area contributed by atoms with E-state index >= 15 is 0 Å². The number of nitrogens with zero attached hydrogens (tertiary/aromatic N) is 2. The fourth-order valence-corrected chi connectivity index (χ4v) is 2.05. The number of hydrogen-bond acceptors (Lipinski definition) is 6. The van der Waals surface area contributed by atoms with E-state index in [1.54, 1.807) is 11.6 Å². The lowest BCUT2D eigenvalue weighted by molar-refractivity contribution is 0.345. The van der Waals surface area contributed by atoms with Crippen LogP contribution in [0.4, 0.5) is 10.9 Å². The predicted molar refractivity (Wildman–Crippen MR) is 83.5 cm³/mol. The molecule has 1 heterocycles. The van der Waals surface area contributed by atoms with E-state index in [0.717, 1.165) is 16.6 Å². The highest BCUT2D eigenvalue weighted by molar-refractivity contribution is 9.09. The molecule has 3 N–H and O–H groups in total. The first-order valence-corrected chi connectivity index (χ1v) is 7.57. The third-order valence-electron chi connectivity index (χ3n) is 2.10. The van der Waals surface area contributed by atoms with Crippen LogP contribution in [-0.2, 0) is 0 Å². The van der Waals surface area contributed by atoms with Crippen molar-refractivity contribution in [2.45, 2.75) is 0 Å². The third kappa shape index (κ3) is 4.53. The number of halogens is 1. The minimum atomic E-state index is 0.493. The first-order chi connectivity index (χ1) is 9.28. The molecule has 0 saturated heterocycles. The van der Waals surface area contributed by atoms with Crippen molar-refractivity contribution < 1.29 is 4.74 Å². The summed E-state index contributed by atoms with van der Waals surface area (Å²) in [7, 11) is 0. The summed E-state index contributed by atoms with van der Waals surface area (Å²) in [6.07, 6.45) is 1.71. The lowest BCUT2D eigenvalue weighted by atomic mass is 10.2. The summed E-state index contributed by atoms with van der Waals surface area (Å²) < 4.78 is 5.51. The molecule has 1 aromatic carbocycles. The maximum absolute atomic E-state index is 5.51. The molecule has 2 aromatic rings. The van der Waals surface area contributed by atoms with Gasteiger partial charge < -0.3 is 10.5 Å². The Kier molecular flexibility index (Phi) is 5.17. The van der Waals surface area contributed by atoms with Crippen LogP contribution in [-0.4, -0.2) is 23.1 Å². The number of aromatic nitrogens is 1. The van der Waals surface area contributed by atoms with Crippen LogP contribution in [0, 0.1) is 0 Å². The molecular formula is C12H13BrN4OS. The largest absolute Gasteiger partial charge is 0.493 e. The molecule has 5 nitrogen and oxygen atoms in total. The number of anilines is 2. The molecule has 0 spiro atoms. The number of nitrogen functional groups attached to an aromatic ring is 1. The highest BCUT2D eigenvalue weighted by Gasteiger charge is 1.96. The van der Waals surface area contributed by atoms with Crippen LogP contribution >= 0.6 is 27.3 Å². The average molecular weight is 341 g/mol. The van der Waals surface area contributed by atoms with Gasteiger partial charge in [0.2, 0.25) is 5.13 Å². The van der Waals surface area contributed by atoms with Crippen molar-refractivity contribution in [2.75, 3.05) is 23.1 Å². The van der Waals surface area contributed by atoms with Gasteiger partial charge in [-0.3, -0.25) is 5.43 Å². The van der Waals surface area contributed by atoms with Crippen LogP contribution in [0.3, 0.4) is 0 Å². The Labute approximate surface area is 123 Å². The topological polar surface area (TPSA) is 72.5 Å². The Morgan fingerprint density at radius 3 is 3.16 bits per heavy atom. The summed E-state index contributed by atoms with van der Waals surface area (Å²) in [6, 6.07) is 7.70. The molecule has 0 amide bonds. The summed E-state index contributed by atoms with van der Waals surface area (Å²) in [5.74, 6) is 1.31. The van der Waals surface area contributed by atoms with Crippen LogP contribution in [0.5, 0.6) is 5.75 Å². The second kappa shape index (κ2) is 7.10. The number of nitrogens with two attached hydrogens (primary N) is 1. The Hall–Kier alpha value is -1.60. The molecule has 0 aliphatic rings. The summed E-state index contributed by atoms with van der Waals surface area (Å²) in [5, 5.41) is 7.33. The monoisotopic (exact) mass is 340 g/mol. The van der Waals surface area contributed by atoms with Crippen molar-refractivity contribution in [3.63, 3.8) is 0 Å². The van der Waals surface area contributed by atoms with Crippen molar-refractivity contribution in [1.29, 1.82) is 0 Å². The average Bonchev–Trinajstić information content (AvgIpc) is 2.83. The van der Waals surface area contributed by atoms with Crippen LogP contribution in [0.15, 0.2) is 34.7 Å². The molecule has 2 rings (SSSR count). The highest BCUT2D eigenvalue weighted by atomic mass is 79.9. The fraction of sp³-hybridized carbons (Fsp3) is 0.167. The third-order valence-corrected chi connectivity index (χ3v) is 3.19. The van der Waals surface area contributed by atoms with Crippen molar-refractivity contribution in [3.05, 3.63) is 35.2 Å². The smallest absolute Gasteiger partial charge is 0.205 e. The molecule has 0 saturated carbocycles. The van der Waals surface area contributed by atoms with Gasteiger partial charge in [-0.15, -0.1) is 11.3 Å². The normalized spacial score (nSPS) is 10.8. The van der Waals surface area contributed by atoms with Gasteiger partial charge >= 0.3 is 0 Å². The number of alkyl halides is 1. The van der Waals surface area contributed by atoms with Gasteiger partial charge in [0, 0.05) is 10.7 Å². The SMILES string of the molecule is Nc1csc(NN=Cc2cccc(OCCBr)c2)n1. The molecular weight excluding hydrogens is 328 g/mol. The number of hydrogen-bond donors (Lipinski definition) is 2. The molecule has 19 heavy (non-hydrogen) atoms. The maximum Gasteiger partial charge on any atom is 0.205 e. The zero-order valence-corrected chi connectivity index (χ0v) is 12.4. The van der Waals surface area contributed by atoms with E-state index in [9.17, 15) is 0 Å². The summed E-state index contributed by atoms with van der Waals surface area (Å²) in [5.41, 5.74) is 9.29. The molecule has 0 unspecified atom stereocenters. The maximum atomic E-state index is 5.51. The first-order valence-electron chi connectivity index (χ1n) is 5.57. The molecule has 0 atom stereocenters. The van der Waals surface area contributed by atoms with Gasteiger partial charge in [0.25, 0.3) is 0 Å². The summed E-state index contributed by atoms with van der Waals surface area (Å²) in [4.78, 5) is 4.04.